The second-order valence-electron chi connectivity index (χ2n) is 4.13. The Morgan fingerprint density at radius 2 is 1.90 bits per heavy atom. The first-order valence-corrected chi connectivity index (χ1v) is 6.95. The summed E-state index contributed by atoms with van der Waals surface area (Å²) >= 11 is 11.8. The van der Waals surface area contributed by atoms with Crippen molar-refractivity contribution >= 4 is 34.8 Å². The molecule has 0 saturated carbocycles. The Morgan fingerprint density at radius 3 is 2.65 bits per heavy atom. The zero-order valence-electron chi connectivity index (χ0n) is 10.8. The van der Waals surface area contributed by atoms with Gasteiger partial charge in [-0.2, -0.15) is 0 Å². The maximum absolute atomic E-state index is 6.01. The van der Waals surface area contributed by atoms with Gasteiger partial charge in [0.1, 0.15) is 17.4 Å². The molecule has 20 heavy (non-hydrogen) atoms. The van der Waals surface area contributed by atoms with E-state index < -0.39 is 0 Å². The van der Waals surface area contributed by atoms with Gasteiger partial charge < -0.3 is 15.8 Å². The van der Waals surface area contributed by atoms with Crippen molar-refractivity contribution in [2.75, 3.05) is 24.2 Å². The summed E-state index contributed by atoms with van der Waals surface area (Å²) in [6.07, 6.45) is 0.815. The molecular weight excluding hydrogens is 297 g/mol. The molecule has 0 fully saturated rings. The molecular formula is C14H15Cl2N3O. The number of nitrogen functional groups attached to an aromatic ring is 1. The molecule has 0 amide bonds. The van der Waals surface area contributed by atoms with E-state index in [1.165, 1.54) is 0 Å². The van der Waals surface area contributed by atoms with Crippen molar-refractivity contribution in [1.82, 2.24) is 4.98 Å². The number of nitrogens with two attached hydrogens (primary N) is 1. The summed E-state index contributed by atoms with van der Waals surface area (Å²) in [5.74, 6) is 1.66. The fourth-order valence-corrected chi connectivity index (χ4v) is 2.02. The monoisotopic (exact) mass is 311 g/mol. The molecule has 4 nitrogen and oxygen atoms in total. The third-order valence-corrected chi connectivity index (χ3v) is 3.17. The minimum atomic E-state index is 0.263. The maximum Gasteiger partial charge on any atom is 0.147 e. The van der Waals surface area contributed by atoms with Gasteiger partial charge in [0.05, 0.1) is 16.7 Å². The third-order valence-electron chi connectivity index (χ3n) is 2.58. The van der Waals surface area contributed by atoms with Crippen molar-refractivity contribution in [1.29, 1.82) is 0 Å². The molecule has 0 unspecified atom stereocenters. The van der Waals surface area contributed by atoms with Crippen molar-refractivity contribution in [3.8, 4) is 5.75 Å². The number of rotatable bonds is 6. The molecule has 0 atom stereocenters. The lowest BCUT2D eigenvalue weighted by atomic mass is 10.3. The Bertz CT molecular complexity index is 564. The number of nitrogens with one attached hydrogen (secondary N) is 1. The Balaban J connectivity index is 1.75. The molecule has 2 rings (SSSR count). The number of anilines is 2. The Labute approximate surface area is 127 Å². The van der Waals surface area contributed by atoms with Crippen LogP contribution in [0.1, 0.15) is 6.42 Å². The van der Waals surface area contributed by atoms with E-state index in [1.807, 2.05) is 30.3 Å². The summed E-state index contributed by atoms with van der Waals surface area (Å²) < 4.78 is 5.58. The molecule has 0 aliphatic rings. The van der Waals surface area contributed by atoms with Crippen molar-refractivity contribution in [3.05, 3.63) is 46.4 Å². The van der Waals surface area contributed by atoms with Crippen LogP contribution in [0.4, 0.5) is 11.6 Å². The third kappa shape index (κ3) is 4.18. The minimum absolute atomic E-state index is 0.263. The summed E-state index contributed by atoms with van der Waals surface area (Å²) in [4.78, 5) is 4.09. The topological polar surface area (TPSA) is 60.2 Å². The number of para-hydroxylation sites is 1. The largest absolute Gasteiger partial charge is 0.494 e. The Hall–Kier alpha value is -1.65. The average Bonchev–Trinajstić information content (AvgIpc) is 2.45. The van der Waals surface area contributed by atoms with E-state index >= 15 is 0 Å². The van der Waals surface area contributed by atoms with Crippen LogP contribution in [0.25, 0.3) is 0 Å². The quantitative estimate of drug-likeness (QED) is 0.795. The van der Waals surface area contributed by atoms with E-state index in [0.29, 0.717) is 29.0 Å². The normalized spacial score (nSPS) is 10.3. The van der Waals surface area contributed by atoms with Crippen LogP contribution < -0.4 is 15.8 Å². The van der Waals surface area contributed by atoms with Gasteiger partial charge in [-0.15, -0.1) is 0 Å². The summed E-state index contributed by atoms with van der Waals surface area (Å²) in [6, 6.07) is 11.3. The number of hydrogen-bond acceptors (Lipinski definition) is 4. The summed E-state index contributed by atoms with van der Waals surface area (Å²) in [5, 5.41) is 3.91. The molecule has 0 spiro atoms. The lowest BCUT2D eigenvalue weighted by Crippen LogP contribution is -2.09. The van der Waals surface area contributed by atoms with E-state index in [-0.39, 0.29) is 5.82 Å². The van der Waals surface area contributed by atoms with Crippen LogP contribution in [0.3, 0.4) is 0 Å². The first-order chi connectivity index (χ1) is 9.66. The van der Waals surface area contributed by atoms with Crippen LogP contribution in [0.2, 0.25) is 10.0 Å². The molecule has 0 aliphatic heterocycles. The van der Waals surface area contributed by atoms with E-state index in [2.05, 4.69) is 10.3 Å². The second-order valence-corrected chi connectivity index (χ2v) is 4.94. The standard InChI is InChI=1S/C14H15Cl2N3O/c15-11-9-12(16)14(19-13(11)17)18-7-4-8-20-10-5-2-1-3-6-10/h1-3,5-6,9H,4,7-8H2,(H3,17,18,19). The number of nitrogens with zero attached hydrogens (tertiary/aromatic N) is 1. The van der Waals surface area contributed by atoms with E-state index in [9.17, 15) is 0 Å². The highest BCUT2D eigenvalue weighted by Gasteiger charge is 2.06. The number of benzene rings is 1. The van der Waals surface area contributed by atoms with Crippen molar-refractivity contribution in [2.45, 2.75) is 6.42 Å². The SMILES string of the molecule is Nc1nc(NCCCOc2ccccc2)c(Cl)cc1Cl. The van der Waals surface area contributed by atoms with E-state index in [0.717, 1.165) is 12.2 Å². The molecule has 1 heterocycles. The van der Waals surface area contributed by atoms with Gasteiger partial charge in [0.15, 0.2) is 0 Å². The van der Waals surface area contributed by atoms with Gasteiger partial charge >= 0.3 is 0 Å². The molecule has 0 saturated heterocycles. The fraction of sp³-hybridized carbons (Fsp3) is 0.214. The van der Waals surface area contributed by atoms with Crippen LogP contribution >= 0.6 is 23.2 Å². The summed E-state index contributed by atoms with van der Waals surface area (Å²) in [6.45, 7) is 1.29. The molecule has 2 aromatic rings. The van der Waals surface area contributed by atoms with E-state index in [4.69, 9.17) is 33.7 Å². The van der Waals surface area contributed by atoms with Gasteiger partial charge in [0, 0.05) is 6.54 Å². The first-order valence-electron chi connectivity index (χ1n) is 6.20. The predicted molar refractivity (Wildman–Crippen MR) is 83.7 cm³/mol. The highest BCUT2D eigenvalue weighted by molar-refractivity contribution is 6.37. The molecule has 1 aromatic heterocycles. The number of hydrogen-bond donors (Lipinski definition) is 2. The molecule has 0 radical (unpaired) electrons. The minimum Gasteiger partial charge on any atom is -0.494 e. The van der Waals surface area contributed by atoms with Gasteiger partial charge in [-0.25, -0.2) is 4.98 Å². The van der Waals surface area contributed by atoms with Crippen LogP contribution in [0, 0.1) is 0 Å². The smallest absolute Gasteiger partial charge is 0.147 e. The van der Waals surface area contributed by atoms with Gasteiger partial charge in [-0.1, -0.05) is 41.4 Å². The van der Waals surface area contributed by atoms with E-state index in [1.54, 1.807) is 6.07 Å². The highest BCUT2D eigenvalue weighted by atomic mass is 35.5. The van der Waals surface area contributed by atoms with Crippen LogP contribution in [-0.2, 0) is 0 Å². The first kappa shape index (κ1) is 14.8. The number of aromatic nitrogens is 1. The molecule has 6 heteroatoms. The number of halogens is 2. The van der Waals surface area contributed by atoms with Crippen molar-refractivity contribution < 1.29 is 4.74 Å². The van der Waals surface area contributed by atoms with Gasteiger partial charge in [0.2, 0.25) is 0 Å². The summed E-state index contributed by atoms with van der Waals surface area (Å²) in [5.41, 5.74) is 5.63. The zero-order valence-corrected chi connectivity index (χ0v) is 12.3. The van der Waals surface area contributed by atoms with Gasteiger partial charge in [-0.05, 0) is 24.6 Å². The van der Waals surface area contributed by atoms with Crippen LogP contribution in [-0.4, -0.2) is 18.1 Å². The van der Waals surface area contributed by atoms with Crippen molar-refractivity contribution in [2.24, 2.45) is 0 Å². The molecule has 106 valence electrons. The average molecular weight is 312 g/mol. The van der Waals surface area contributed by atoms with Crippen LogP contribution in [0.15, 0.2) is 36.4 Å². The lowest BCUT2D eigenvalue weighted by Gasteiger charge is -2.10. The van der Waals surface area contributed by atoms with Gasteiger partial charge in [-0.3, -0.25) is 0 Å². The highest BCUT2D eigenvalue weighted by Crippen LogP contribution is 2.27. The predicted octanol–water partition coefficient (Wildman–Crippen LogP) is 3.85. The molecule has 1 aromatic carbocycles. The lowest BCUT2D eigenvalue weighted by molar-refractivity contribution is 0.315. The fourth-order valence-electron chi connectivity index (χ4n) is 1.59. The summed E-state index contributed by atoms with van der Waals surface area (Å²) in [7, 11) is 0. The Morgan fingerprint density at radius 1 is 1.15 bits per heavy atom. The number of ether oxygens (including phenoxy) is 1. The van der Waals surface area contributed by atoms with Crippen LogP contribution in [0.5, 0.6) is 5.75 Å². The number of pyridine rings is 1. The second kappa shape index (κ2) is 7.22. The van der Waals surface area contributed by atoms with Gasteiger partial charge in [0.25, 0.3) is 0 Å². The zero-order chi connectivity index (χ0) is 14.4. The molecule has 3 N–H and O–H groups in total. The van der Waals surface area contributed by atoms with Crippen molar-refractivity contribution in [3.63, 3.8) is 0 Å². The molecule has 0 bridgehead atoms. The maximum atomic E-state index is 6.01. The Kier molecular flexibility index (Phi) is 5.32. The molecule has 0 aliphatic carbocycles.